The number of nitrogens with one attached hydrogen (secondary N) is 1. The SMILES string of the molecule is Cc1ccc(CC(C)NC(=O)[C@H](N)CC(C)C)s1. The van der Waals surface area contributed by atoms with E-state index < -0.39 is 6.04 Å². The van der Waals surface area contributed by atoms with Crippen LogP contribution in [0.15, 0.2) is 12.1 Å². The van der Waals surface area contributed by atoms with Crippen molar-refractivity contribution in [3.8, 4) is 0 Å². The minimum absolute atomic E-state index is 0.0375. The molecule has 3 N–H and O–H groups in total. The van der Waals surface area contributed by atoms with Gasteiger partial charge in [0.25, 0.3) is 0 Å². The molecule has 1 aromatic rings. The summed E-state index contributed by atoms with van der Waals surface area (Å²) in [7, 11) is 0. The maximum Gasteiger partial charge on any atom is 0.237 e. The van der Waals surface area contributed by atoms with Crippen LogP contribution in [0.3, 0.4) is 0 Å². The summed E-state index contributed by atoms with van der Waals surface area (Å²) < 4.78 is 0. The molecule has 0 radical (unpaired) electrons. The highest BCUT2D eigenvalue weighted by Gasteiger charge is 2.17. The van der Waals surface area contributed by atoms with Crippen LogP contribution in [-0.4, -0.2) is 18.0 Å². The molecule has 0 saturated heterocycles. The average molecular weight is 268 g/mol. The Morgan fingerprint density at radius 2 is 2.06 bits per heavy atom. The van der Waals surface area contributed by atoms with Crippen LogP contribution in [-0.2, 0) is 11.2 Å². The van der Waals surface area contributed by atoms with Gasteiger partial charge in [-0.3, -0.25) is 4.79 Å². The van der Waals surface area contributed by atoms with E-state index in [0.29, 0.717) is 5.92 Å². The largest absolute Gasteiger partial charge is 0.352 e. The molecule has 1 unspecified atom stereocenters. The van der Waals surface area contributed by atoms with Crippen LogP contribution >= 0.6 is 11.3 Å². The summed E-state index contributed by atoms with van der Waals surface area (Å²) in [6.45, 7) is 8.26. The zero-order valence-corrected chi connectivity index (χ0v) is 12.5. The number of thiophene rings is 1. The van der Waals surface area contributed by atoms with E-state index in [1.807, 2.05) is 6.92 Å². The summed E-state index contributed by atoms with van der Waals surface area (Å²) in [5.41, 5.74) is 5.85. The maximum atomic E-state index is 11.9. The van der Waals surface area contributed by atoms with Gasteiger partial charge in [0, 0.05) is 22.2 Å². The lowest BCUT2D eigenvalue weighted by Gasteiger charge is -2.18. The molecule has 1 amide bonds. The average Bonchev–Trinajstić information content (AvgIpc) is 2.62. The molecule has 0 aliphatic heterocycles. The van der Waals surface area contributed by atoms with E-state index >= 15 is 0 Å². The Bertz CT molecular complexity index is 387. The number of carbonyl (C=O) groups excluding carboxylic acids is 1. The molecule has 1 aromatic heterocycles. The van der Waals surface area contributed by atoms with Gasteiger partial charge < -0.3 is 11.1 Å². The molecule has 3 nitrogen and oxygen atoms in total. The minimum atomic E-state index is -0.391. The second kappa shape index (κ2) is 6.90. The first-order valence-corrected chi connectivity index (χ1v) is 7.31. The monoisotopic (exact) mass is 268 g/mol. The molecule has 0 aromatic carbocycles. The van der Waals surface area contributed by atoms with Crippen molar-refractivity contribution in [2.75, 3.05) is 0 Å². The van der Waals surface area contributed by atoms with Gasteiger partial charge in [-0.15, -0.1) is 11.3 Å². The van der Waals surface area contributed by atoms with Crippen molar-refractivity contribution < 1.29 is 4.79 Å². The van der Waals surface area contributed by atoms with E-state index in [1.54, 1.807) is 11.3 Å². The van der Waals surface area contributed by atoms with Crippen LogP contribution in [0.1, 0.15) is 36.9 Å². The number of hydrogen-bond donors (Lipinski definition) is 2. The Balaban J connectivity index is 2.39. The zero-order valence-electron chi connectivity index (χ0n) is 11.7. The quantitative estimate of drug-likeness (QED) is 0.833. The lowest BCUT2D eigenvalue weighted by Crippen LogP contribution is -2.45. The number of hydrogen-bond acceptors (Lipinski definition) is 3. The van der Waals surface area contributed by atoms with E-state index in [1.165, 1.54) is 9.75 Å². The second-order valence-electron chi connectivity index (χ2n) is 5.36. The highest BCUT2D eigenvalue weighted by molar-refractivity contribution is 7.11. The highest BCUT2D eigenvalue weighted by atomic mass is 32.1. The molecule has 4 heteroatoms. The summed E-state index contributed by atoms with van der Waals surface area (Å²) in [5.74, 6) is 0.408. The lowest BCUT2D eigenvalue weighted by molar-refractivity contribution is -0.123. The Kier molecular flexibility index (Phi) is 5.82. The van der Waals surface area contributed by atoms with Gasteiger partial charge in [0.05, 0.1) is 6.04 Å². The van der Waals surface area contributed by atoms with E-state index in [0.717, 1.165) is 12.8 Å². The second-order valence-corrected chi connectivity index (χ2v) is 6.73. The van der Waals surface area contributed by atoms with Gasteiger partial charge in [-0.05, 0) is 38.3 Å². The van der Waals surface area contributed by atoms with Gasteiger partial charge in [-0.25, -0.2) is 0 Å². The fraction of sp³-hybridized carbons (Fsp3) is 0.643. The van der Waals surface area contributed by atoms with E-state index in [2.05, 4.69) is 38.2 Å². The molecule has 0 bridgehead atoms. The Morgan fingerprint density at radius 3 is 2.56 bits per heavy atom. The number of rotatable bonds is 6. The summed E-state index contributed by atoms with van der Waals surface area (Å²) in [6.07, 6.45) is 1.61. The molecule has 0 spiro atoms. The summed E-state index contributed by atoms with van der Waals surface area (Å²) in [6, 6.07) is 3.97. The van der Waals surface area contributed by atoms with Crippen LogP contribution < -0.4 is 11.1 Å². The third-order valence-electron chi connectivity index (χ3n) is 2.75. The Hall–Kier alpha value is -0.870. The maximum absolute atomic E-state index is 11.9. The van der Waals surface area contributed by atoms with Crippen molar-refractivity contribution in [3.05, 3.63) is 21.9 Å². The van der Waals surface area contributed by atoms with Gasteiger partial charge in [0.15, 0.2) is 0 Å². The topological polar surface area (TPSA) is 55.1 Å². The predicted molar refractivity (Wildman–Crippen MR) is 77.8 cm³/mol. The molecule has 102 valence electrons. The predicted octanol–water partition coefficient (Wildman–Crippen LogP) is 2.48. The number of aryl methyl sites for hydroxylation is 1. The fourth-order valence-electron chi connectivity index (χ4n) is 1.91. The van der Waals surface area contributed by atoms with E-state index in [4.69, 9.17) is 5.73 Å². The van der Waals surface area contributed by atoms with Gasteiger partial charge in [0.1, 0.15) is 0 Å². The first-order valence-electron chi connectivity index (χ1n) is 6.49. The van der Waals surface area contributed by atoms with Crippen molar-refractivity contribution in [3.63, 3.8) is 0 Å². The highest BCUT2D eigenvalue weighted by Crippen LogP contribution is 2.16. The molecule has 0 aliphatic rings. The van der Waals surface area contributed by atoms with Gasteiger partial charge in [-0.2, -0.15) is 0 Å². The van der Waals surface area contributed by atoms with Crippen molar-refractivity contribution in [2.45, 2.75) is 52.6 Å². The third-order valence-corrected chi connectivity index (χ3v) is 3.78. The van der Waals surface area contributed by atoms with Crippen LogP contribution in [0, 0.1) is 12.8 Å². The molecular formula is C14H24N2OS. The van der Waals surface area contributed by atoms with Crippen LogP contribution in [0.5, 0.6) is 0 Å². The van der Waals surface area contributed by atoms with Crippen molar-refractivity contribution >= 4 is 17.2 Å². The molecule has 1 rings (SSSR count). The zero-order chi connectivity index (χ0) is 13.7. The molecule has 2 atom stereocenters. The summed E-state index contributed by atoms with van der Waals surface area (Å²) in [5, 5.41) is 2.99. The number of carbonyl (C=O) groups is 1. The minimum Gasteiger partial charge on any atom is -0.352 e. The molecule has 0 saturated carbocycles. The summed E-state index contributed by atoms with van der Waals surface area (Å²) >= 11 is 1.78. The van der Waals surface area contributed by atoms with Gasteiger partial charge >= 0.3 is 0 Å². The first-order chi connectivity index (χ1) is 8.38. The molecular weight excluding hydrogens is 244 g/mol. The normalized spacial score (nSPS) is 14.6. The smallest absolute Gasteiger partial charge is 0.237 e. The standard InChI is InChI=1S/C14H24N2OS/c1-9(2)7-13(15)14(17)16-10(3)8-12-6-5-11(4)18-12/h5-6,9-10,13H,7-8,15H2,1-4H3,(H,16,17)/t10?,13-/m1/s1. The molecule has 1 heterocycles. The van der Waals surface area contributed by atoms with Gasteiger partial charge in [0.2, 0.25) is 5.91 Å². The Labute approximate surface area is 114 Å². The number of nitrogens with two attached hydrogens (primary N) is 1. The van der Waals surface area contributed by atoms with Crippen LogP contribution in [0.2, 0.25) is 0 Å². The molecule has 18 heavy (non-hydrogen) atoms. The van der Waals surface area contributed by atoms with Crippen molar-refractivity contribution in [1.29, 1.82) is 0 Å². The Morgan fingerprint density at radius 1 is 1.39 bits per heavy atom. The number of amides is 1. The van der Waals surface area contributed by atoms with Gasteiger partial charge in [-0.1, -0.05) is 13.8 Å². The fourth-order valence-corrected chi connectivity index (χ4v) is 2.93. The first kappa shape index (κ1) is 15.2. The molecule has 0 fully saturated rings. The van der Waals surface area contributed by atoms with Crippen molar-refractivity contribution in [2.24, 2.45) is 11.7 Å². The third kappa shape index (κ3) is 5.19. The lowest BCUT2D eigenvalue weighted by atomic mass is 10.0. The van der Waals surface area contributed by atoms with E-state index in [9.17, 15) is 4.79 Å². The van der Waals surface area contributed by atoms with E-state index in [-0.39, 0.29) is 11.9 Å². The van der Waals surface area contributed by atoms with Crippen molar-refractivity contribution in [1.82, 2.24) is 5.32 Å². The van der Waals surface area contributed by atoms with Crippen LogP contribution in [0.4, 0.5) is 0 Å². The molecule has 0 aliphatic carbocycles. The van der Waals surface area contributed by atoms with Crippen LogP contribution in [0.25, 0.3) is 0 Å². The summed E-state index contributed by atoms with van der Waals surface area (Å²) in [4.78, 5) is 14.5.